The molecule has 0 atom stereocenters. The van der Waals surface area contributed by atoms with Gasteiger partial charge in [-0.3, -0.25) is 4.79 Å². The average molecular weight is 289 g/mol. The van der Waals surface area contributed by atoms with E-state index >= 15 is 0 Å². The van der Waals surface area contributed by atoms with Crippen LogP contribution >= 0.6 is 34.8 Å². The van der Waals surface area contributed by atoms with Crippen molar-refractivity contribution in [2.75, 3.05) is 0 Å². The Morgan fingerprint density at radius 3 is 2.47 bits per heavy atom. The Bertz CT molecular complexity index is 634. The number of nitrogens with one attached hydrogen (secondary N) is 1. The van der Waals surface area contributed by atoms with Crippen LogP contribution in [0.25, 0.3) is 11.1 Å². The van der Waals surface area contributed by atoms with E-state index in [1.807, 2.05) is 6.92 Å². The summed E-state index contributed by atoms with van der Waals surface area (Å²) in [5.74, 6) is 0. The Kier molecular flexibility index (Phi) is 3.48. The van der Waals surface area contributed by atoms with Gasteiger partial charge in [-0.2, -0.15) is 0 Å². The molecule has 2 nitrogen and oxygen atoms in total. The number of benzene rings is 1. The van der Waals surface area contributed by atoms with E-state index in [1.165, 1.54) is 0 Å². The maximum Gasteiger partial charge on any atom is 0.255 e. The molecule has 0 aliphatic carbocycles. The largest absolute Gasteiger partial charge is 0.328 e. The summed E-state index contributed by atoms with van der Waals surface area (Å²) in [5, 5.41) is 1.05. The molecule has 1 heterocycles. The van der Waals surface area contributed by atoms with Crippen molar-refractivity contribution >= 4 is 34.8 Å². The average Bonchev–Trinajstić information content (AvgIpc) is 2.29. The molecule has 0 saturated carbocycles. The Balaban J connectivity index is 2.81. The summed E-state index contributed by atoms with van der Waals surface area (Å²) in [6, 6.07) is 4.94. The minimum Gasteiger partial charge on any atom is -0.328 e. The molecule has 17 heavy (non-hydrogen) atoms. The van der Waals surface area contributed by atoms with Crippen molar-refractivity contribution < 1.29 is 0 Å². The molecule has 0 amide bonds. The number of rotatable bonds is 1. The van der Waals surface area contributed by atoms with Crippen LogP contribution in [0.4, 0.5) is 0 Å². The van der Waals surface area contributed by atoms with Gasteiger partial charge in [0, 0.05) is 11.8 Å². The van der Waals surface area contributed by atoms with Gasteiger partial charge in [0.15, 0.2) is 0 Å². The topological polar surface area (TPSA) is 32.9 Å². The summed E-state index contributed by atoms with van der Waals surface area (Å²) >= 11 is 18.1. The van der Waals surface area contributed by atoms with Crippen LogP contribution in [0.2, 0.25) is 15.1 Å². The van der Waals surface area contributed by atoms with E-state index in [2.05, 4.69) is 4.98 Å². The van der Waals surface area contributed by atoms with Crippen molar-refractivity contribution in [1.29, 1.82) is 0 Å². The van der Waals surface area contributed by atoms with E-state index in [1.54, 1.807) is 24.4 Å². The van der Waals surface area contributed by atoms with E-state index in [4.69, 9.17) is 34.8 Å². The van der Waals surface area contributed by atoms with Crippen molar-refractivity contribution in [3.05, 3.63) is 55.4 Å². The van der Waals surface area contributed by atoms with Crippen molar-refractivity contribution in [3.63, 3.8) is 0 Å². The fraction of sp³-hybridized carbons (Fsp3) is 0.0833. The van der Waals surface area contributed by atoms with Crippen LogP contribution in [-0.4, -0.2) is 4.98 Å². The number of H-pyrrole nitrogens is 1. The van der Waals surface area contributed by atoms with Gasteiger partial charge in [0.05, 0.1) is 20.6 Å². The highest BCUT2D eigenvalue weighted by Gasteiger charge is 2.14. The lowest BCUT2D eigenvalue weighted by molar-refractivity contribution is 1.20. The van der Waals surface area contributed by atoms with Crippen LogP contribution in [0.3, 0.4) is 0 Å². The zero-order valence-corrected chi connectivity index (χ0v) is 11.1. The first kappa shape index (κ1) is 12.5. The van der Waals surface area contributed by atoms with Crippen molar-refractivity contribution in [2.24, 2.45) is 0 Å². The highest BCUT2D eigenvalue weighted by Crippen LogP contribution is 2.37. The molecule has 0 unspecified atom stereocenters. The minimum absolute atomic E-state index is 0.248. The predicted molar refractivity (Wildman–Crippen MR) is 72.3 cm³/mol. The van der Waals surface area contributed by atoms with Crippen LogP contribution in [0.1, 0.15) is 5.56 Å². The number of aromatic amines is 1. The molecule has 0 fully saturated rings. The summed E-state index contributed by atoms with van der Waals surface area (Å²) < 4.78 is 0. The maximum absolute atomic E-state index is 11.8. The van der Waals surface area contributed by atoms with Crippen molar-refractivity contribution in [3.8, 4) is 11.1 Å². The van der Waals surface area contributed by atoms with E-state index < -0.39 is 0 Å². The molecule has 1 aromatic carbocycles. The summed E-state index contributed by atoms with van der Waals surface area (Å²) in [4.78, 5) is 14.4. The molecule has 2 rings (SSSR count). The van der Waals surface area contributed by atoms with Crippen LogP contribution in [0, 0.1) is 6.92 Å². The van der Waals surface area contributed by atoms with E-state index in [0.29, 0.717) is 21.2 Å². The van der Waals surface area contributed by atoms with Crippen LogP contribution in [-0.2, 0) is 0 Å². The first-order valence-electron chi connectivity index (χ1n) is 4.84. The molecule has 2 aromatic rings. The first-order chi connectivity index (χ1) is 8.00. The molecule has 0 saturated heterocycles. The third kappa shape index (κ3) is 2.34. The molecular formula is C12H8Cl3NO. The van der Waals surface area contributed by atoms with Gasteiger partial charge in [-0.05, 0) is 30.7 Å². The zero-order chi connectivity index (χ0) is 12.6. The second-order valence-electron chi connectivity index (χ2n) is 3.64. The molecule has 88 valence electrons. The SMILES string of the molecule is Cc1c[nH]c(=O)c(-c2c(Cl)ccc(Cl)c2Cl)c1. The molecule has 5 heteroatoms. The lowest BCUT2D eigenvalue weighted by Crippen LogP contribution is -2.08. The number of halogens is 3. The fourth-order valence-electron chi connectivity index (χ4n) is 1.55. The van der Waals surface area contributed by atoms with Gasteiger partial charge in [0.2, 0.25) is 0 Å². The van der Waals surface area contributed by atoms with Crippen LogP contribution < -0.4 is 5.56 Å². The van der Waals surface area contributed by atoms with Gasteiger partial charge in [-0.1, -0.05) is 34.8 Å². The van der Waals surface area contributed by atoms with Crippen molar-refractivity contribution in [2.45, 2.75) is 6.92 Å². The number of aromatic nitrogens is 1. The number of hydrogen-bond donors (Lipinski definition) is 1. The molecule has 0 bridgehead atoms. The Hall–Kier alpha value is -0.960. The summed E-state index contributed by atoms with van der Waals surface area (Å²) in [7, 11) is 0. The third-order valence-electron chi connectivity index (χ3n) is 2.36. The highest BCUT2D eigenvalue weighted by molar-refractivity contribution is 6.46. The standard InChI is InChI=1S/C12H8Cl3NO/c1-6-4-7(12(17)16-5-6)10-8(13)2-3-9(14)11(10)15/h2-5H,1H3,(H,16,17). The Morgan fingerprint density at radius 2 is 1.76 bits per heavy atom. The minimum atomic E-state index is -0.248. The van der Waals surface area contributed by atoms with Gasteiger partial charge in [-0.15, -0.1) is 0 Å². The molecule has 0 aliphatic heterocycles. The predicted octanol–water partition coefficient (Wildman–Crippen LogP) is 4.31. The zero-order valence-electron chi connectivity index (χ0n) is 8.85. The normalized spacial score (nSPS) is 10.6. The van der Waals surface area contributed by atoms with Gasteiger partial charge < -0.3 is 4.98 Å². The molecule has 1 N–H and O–H groups in total. The number of hydrogen-bond acceptors (Lipinski definition) is 1. The van der Waals surface area contributed by atoms with E-state index in [-0.39, 0.29) is 10.6 Å². The summed E-state index contributed by atoms with van der Waals surface area (Å²) in [5.41, 5.74) is 1.54. The maximum atomic E-state index is 11.8. The van der Waals surface area contributed by atoms with Gasteiger partial charge in [0.25, 0.3) is 5.56 Å². The molecule has 0 aliphatic rings. The lowest BCUT2D eigenvalue weighted by Gasteiger charge is -2.08. The highest BCUT2D eigenvalue weighted by atomic mass is 35.5. The molecular weight excluding hydrogens is 280 g/mol. The second-order valence-corrected chi connectivity index (χ2v) is 4.83. The monoisotopic (exact) mass is 287 g/mol. The Labute approximate surface area is 113 Å². The second kappa shape index (κ2) is 4.73. The van der Waals surface area contributed by atoms with Gasteiger partial charge in [-0.25, -0.2) is 0 Å². The smallest absolute Gasteiger partial charge is 0.255 e. The fourth-order valence-corrected chi connectivity index (χ4v) is 2.28. The Morgan fingerprint density at radius 1 is 1.12 bits per heavy atom. The van der Waals surface area contributed by atoms with E-state index in [9.17, 15) is 4.79 Å². The first-order valence-corrected chi connectivity index (χ1v) is 5.97. The lowest BCUT2D eigenvalue weighted by atomic mass is 10.1. The number of aryl methyl sites for hydroxylation is 1. The summed E-state index contributed by atoms with van der Waals surface area (Å²) in [6.45, 7) is 1.87. The van der Waals surface area contributed by atoms with Gasteiger partial charge in [0.1, 0.15) is 0 Å². The molecule has 1 aromatic heterocycles. The summed E-state index contributed by atoms with van der Waals surface area (Å²) in [6.07, 6.45) is 1.62. The third-order valence-corrected chi connectivity index (χ3v) is 3.48. The van der Waals surface area contributed by atoms with Crippen molar-refractivity contribution in [1.82, 2.24) is 4.98 Å². The van der Waals surface area contributed by atoms with Crippen LogP contribution in [0.15, 0.2) is 29.2 Å². The van der Waals surface area contributed by atoms with Gasteiger partial charge >= 0.3 is 0 Å². The molecule has 0 spiro atoms. The number of pyridine rings is 1. The quantitative estimate of drug-likeness (QED) is 0.779. The van der Waals surface area contributed by atoms with E-state index in [0.717, 1.165) is 5.56 Å². The van der Waals surface area contributed by atoms with Crippen LogP contribution in [0.5, 0.6) is 0 Å². The molecule has 0 radical (unpaired) electrons.